The van der Waals surface area contributed by atoms with Crippen LogP contribution in [0.5, 0.6) is 0 Å². The lowest BCUT2D eigenvalue weighted by Crippen LogP contribution is -2.43. The average Bonchev–Trinajstić information content (AvgIpc) is 2.80. The molecule has 1 N–H and O–H groups in total. The summed E-state index contributed by atoms with van der Waals surface area (Å²) in [5, 5.41) is 2.85. The summed E-state index contributed by atoms with van der Waals surface area (Å²) in [5.41, 5.74) is 6.33. The van der Waals surface area contributed by atoms with Crippen molar-refractivity contribution >= 4 is 17.8 Å². The third kappa shape index (κ3) is 5.23. The maximum Gasteiger partial charge on any atom is 0.224 e. The Balaban J connectivity index is 1.45. The summed E-state index contributed by atoms with van der Waals surface area (Å²) < 4.78 is 0. The Labute approximate surface area is 190 Å². The normalized spacial score (nSPS) is 19.6. The molecule has 1 atom stereocenters. The van der Waals surface area contributed by atoms with Crippen LogP contribution >= 0.6 is 0 Å². The zero-order valence-electron chi connectivity index (χ0n) is 18.7. The second-order valence-corrected chi connectivity index (χ2v) is 8.77. The minimum absolute atomic E-state index is 0.0285. The Kier molecular flexibility index (Phi) is 6.98. The monoisotopic (exact) mass is 429 g/mol. The fourth-order valence-corrected chi connectivity index (χ4v) is 4.65. The summed E-state index contributed by atoms with van der Waals surface area (Å²) in [6.45, 7) is 7.57. The van der Waals surface area contributed by atoms with Gasteiger partial charge in [-0.3, -0.25) is 19.4 Å². The molecule has 1 fully saturated rings. The van der Waals surface area contributed by atoms with Gasteiger partial charge in [0.15, 0.2) is 0 Å². The Morgan fingerprint density at radius 2 is 2.00 bits per heavy atom. The van der Waals surface area contributed by atoms with E-state index < -0.39 is 0 Å². The van der Waals surface area contributed by atoms with E-state index >= 15 is 0 Å². The van der Waals surface area contributed by atoms with Crippen LogP contribution in [-0.2, 0) is 17.9 Å². The van der Waals surface area contributed by atoms with Crippen molar-refractivity contribution in [2.24, 2.45) is 0 Å². The molecule has 5 nitrogen and oxygen atoms in total. The second-order valence-electron chi connectivity index (χ2n) is 8.77. The zero-order chi connectivity index (χ0) is 22.5. The number of piperidine rings is 1. The second kappa shape index (κ2) is 10.1. The fraction of sp³-hybridized carbons (Fsp3) is 0.333. The summed E-state index contributed by atoms with van der Waals surface area (Å²) in [6, 6.07) is 16.8. The molecule has 4 rings (SSSR count). The highest BCUT2D eigenvalue weighted by Gasteiger charge is 2.26. The largest absolute Gasteiger partial charge is 0.329 e. The summed E-state index contributed by atoms with van der Waals surface area (Å²) in [6.07, 6.45) is 5.49. The van der Waals surface area contributed by atoms with Crippen molar-refractivity contribution in [1.82, 2.24) is 15.1 Å². The number of amides is 1. The van der Waals surface area contributed by atoms with Crippen LogP contribution in [0.25, 0.3) is 5.57 Å². The van der Waals surface area contributed by atoms with Crippen LogP contribution in [-0.4, -0.2) is 48.2 Å². The van der Waals surface area contributed by atoms with Crippen LogP contribution in [0.4, 0.5) is 0 Å². The van der Waals surface area contributed by atoms with Crippen molar-refractivity contribution in [2.45, 2.75) is 38.4 Å². The molecule has 0 aliphatic carbocycles. The first-order valence-corrected chi connectivity index (χ1v) is 11.3. The molecular formula is C27H31N3O2. The topological polar surface area (TPSA) is 52.7 Å². The van der Waals surface area contributed by atoms with Gasteiger partial charge in [0.2, 0.25) is 5.91 Å². The van der Waals surface area contributed by atoms with Crippen molar-refractivity contribution in [3.8, 4) is 0 Å². The number of nitrogens with zero attached hydrogens (tertiary/aromatic N) is 2. The first kappa shape index (κ1) is 22.2. The molecule has 2 aromatic rings. The molecule has 32 heavy (non-hydrogen) atoms. The number of rotatable bonds is 7. The first-order chi connectivity index (χ1) is 15.5. The molecule has 0 spiro atoms. The Morgan fingerprint density at radius 1 is 1.19 bits per heavy atom. The van der Waals surface area contributed by atoms with E-state index in [1.165, 1.54) is 16.7 Å². The highest BCUT2D eigenvalue weighted by atomic mass is 16.1. The van der Waals surface area contributed by atoms with E-state index in [-0.39, 0.29) is 11.9 Å². The Morgan fingerprint density at radius 3 is 2.69 bits per heavy atom. The summed E-state index contributed by atoms with van der Waals surface area (Å²) >= 11 is 0. The molecule has 0 radical (unpaired) electrons. The van der Waals surface area contributed by atoms with Gasteiger partial charge in [-0.1, -0.05) is 55.1 Å². The Bertz CT molecular complexity index is 1030. The maximum atomic E-state index is 11.7. The van der Waals surface area contributed by atoms with Crippen molar-refractivity contribution in [3.63, 3.8) is 0 Å². The molecule has 1 amide bonds. The lowest BCUT2D eigenvalue weighted by Gasteiger charge is -2.33. The lowest BCUT2D eigenvalue weighted by molar-refractivity contribution is -0.121. The van der Waals surface area contributed by atoms with E-state index in [1.54, 1.807) is 0 Å². The molecule has 0 aromatic heterocycles. The highest BCUT2D eigenvalue weighted by molar-refractivity contribution is 5.80. The van der Waals surface area contributed by atoms with E-state index in [0.717, 1.165) is 50.0 Å². The van der Waals surface area contributed by atoms with E-state index in [2.05, 4.69) is 70.2 Å². The van der Waals surface area contributed by atoms with Gasteiger partial charge in [-0.05, 0) is 48.2 Å². The molecule has 0 saturated carbocycles. The van der Waals surface area contributed by atoms with Crippen LogP contribution in [0.1, 0.15) is 46.3 Å². The molecule has 1 saturated heterocycles. The smallest absolute Gasteiger partial charge is 0.224 e. The van der Waals surface area contributed by atoms with Gasteiger partial charge in [0.25, 0.3) is 0 Å². The molecule has 2 aliphatic rings. The molecule has 166 valence electrons. The number of nitrogens with one attached hydrogen (secondary N) is 1. The summed E-state index contributed by atoms with van der Waals surface area (Å²) in [7, 11) is 2.02. The summed E-state index contributed by atoms with van der Waals surface area (Å²) in [5.74, 6) is 0.0285. The SMILES string of the molecule is C=C1NC(=O)CCC1N(C)Cc1cc(C2=CCN(Cc3ccccc3)CC2)ccc1C=O. The van der Waals surface area contributed by atoms with E-state index in [4.69, 9.17) is 0 Å². The van der Waals surface area contributed by atoms with Crippen LogP contribution < -0.4 is 5.32 Å². The molecule has 2 heterocycles. The van der Waals surface area contributed by atoms with Crippen LogP contribution in [0.3, 0.4) is 0 Å². The lowest BCUT2D eigenvalue weighted by atomic mass is 9.94. The van der Waals surface area contributed by atoms with E-state index in [9.17, 15) is 9.59 Å². The predicted molar refractivity (Wildman–Crippen MR) is 128 cm³/mol. The van der Waals surface area contributed by atoms with Crippen molar-refractivity contribution in [2.75, 3.05) is 20.1 Å². The molecule has 5 heteroatoms. The average molecular weight is 430 g/mol. The van der Waals surface area contributed by atoms with Crippen LogP contribution in [0.2, 0.25) is 0 Å². The van der Waals surface area contributed by atoms with Gasteiger partial charge in [-0.25, -0.2) is 0 Å². The van der Waals surface area contributed by atoms with Gasteiger partial charge < -0.3 is 5.32 Å². The first-order valence-electron chi connectivity index (χ1n) is 11.3. The van der Waals surface area contributed by atoms with Crippen LogP contribution in [0.15, 0.2) is 66.9 Å². The number of hydrogen-bond acceptors (Lipinski definition) is 4. The fourth-order valence-electron chi connectivity index (χ4n) is 4.65. The van der Waals surface area contributed by atoms with Gasteiger partial charge in [-0.15, -0.1) is 0 Å². The number of carbonyl (C=O) groups excluding carboxylic acids is 2. The third-order valence-electron chi connectivity index (χ3n) is 6.48. The predicted octanol–water partition coefficient (Wildman–Crippen LogP) is 4.01. The highest BCUT2D eigenvalue weighted by Crippen LogP contribution is 2.27. The number of hydrogen-bond donors (Lipinski definition) is 1. The van der Waals surface area contributed by atoms with Gasteiger partial charge in [0.1, 0.15) is 6.29 Å². The molecule has 0 bridgehead atoms. The van der Waals surface area contributed by atoms with Gasteiger partial charge >= 0.3 is 0 Å². The summed E-state index contributed by atoms with van der Waals surface area (Å²) in [4.78, 5) is 27.9. The molecular weight excluding hydrogens is 398 g/mol. The zero-order valence-corrected chi connectivity index (χ0v) is 18.7. The van der Waals surface area contributed by atoms with Crippen molar-refractivity contribution in [1.29, 1.82) is 0 Å². The van der Waals surface area contributed by atoms with Crippen molar-refractivity contribution in [3.05, 3.63) is 89.1 Å². The molecule has 2 aromatic carbocycles. The van der Waals surface area contributed by atoms with E-state index in [1.807, 2.05) is 13.1 Å². The van der Waals surface area contributed by atoms with Gasteiger partial charge in [0.05, 0.1) is 0 Å². The van der Waals surface area contributed by atoms with Gasteiger partial charge in [-0.2, -0.15) is 0 Å². The number of carbonyl (C=O) groups is 2. The molecule has 2 aliphatic heterocycles. The van der Waals surface area contributed by atoms with Crippen molar-refractivity contribution < 1.29 is 9.59 Å². The van der Waals surface area contributed by atoms with Gasteiger partial charge in [0, 0.05) is 49.9 Å². The standard InChI is InChI=1S/C27H31N3O2/c1-20-26(10-11-27(32)28-20)29(2)18-25-16-23(8-9-24(25)19-31)22-12-14-30(15-13-22)17-21-6-4-3-5-7-21/h3-9,12,16,19,26H,1,10-11,13-15,17-18H2,2H3,(H,28,32). The minimum atomic E-state index is 0.0285. The third-order valence-corrected chi connectivity index (χ3v) is 6.48. The maximum absolute atomic E-state index is 11.7. The Hall–Kier alpha value is -3.02. The number of likely N-dealkylation sites (N-methyl/N-ethyl adjacent to an activating group) is 1. The van der Waals surface area contributed by atoms with E-state index in [0.29, 0.717) is 18.5 Å². The minimum Gasteiger partial charge on any atom is -0.329 e. The molecule has 1 unspecified atom stereocenters. The number of aldehydes is 1. The quantitative estimate of drug-likeness (QED) is 0.676. The number of benzene rings is 2. The van der Waals surface area contributed by atoms with Crippen LogP contribution in [0, 0.1) is 0 Å².